The first-order chi connectivity index (χ1) is 9.14. The maximum atomic E-state index is 11.6. The fourth-order valence-electron chi connectivity index (χ4n) is 1.64. The summed E-state index contributed by atoms with van der Waals surface area (Å²) in [5, 5.41) is 2.69. The molecule has 20 heavy (non-hydrogen) atoms. The minimum Gasteiger partial charge on any atom is -0.497 e. The maximum absolute atomic E-state index is 11.6. The molecular formula is C15H24N2O3. The Morgan fingerprint density at radius 2 is 1.75 bits per heavy atom. The van der Waals surface area contributed by atoms with E-state index in [1.165, 1.54) is 0 Å². The molecule has 1 rings (SSSR count). The normalized spacial score (nSPS) is 14.3. The summed E-state index contributed by atoms with van der Waals surface area (Å²) in [5.74, 6) is 0.768. The quantitative estimate of drug-likeness (QED) is 0.888. The van der Waals surface area contributed by atoms with Crippen LogP contribution in [-0.2, 0) is 10.3 Å². The van der Waals surface area contributed by atoms with Gasteiger partial charge < -0.3 is 20.5 Å². The maximum Gasteiger partial charge on any atom is 0.407 e. The van der Waals surface area contributed by atoms with Gasteiger partial charge in [0.1, 0.15) is 11.4 Å². The van der Waals surface area contributed by atoms with E-state index in [9.17, 15) is 4.79 Å². The van der Waals surface area contributed by atoms with Gasteiger partial charge in [0.15, 0.2) is 0 Å². The molecular weight excluding hydrogens is 256 g/mol. The summed E-state index contributed by atoms with van der Waals surface area (Å²) in [7, 11) is 1.61. The molecule has 0 aliphatic carbocycles. The fourth-order valence-corrected chi connectivity index (χ4v) is 1.64. The number of hydrogen-bond acceptors (Lipinski definition) is 4. The van der Waals surface area contributed by atoms with Crippen LogP contribution < -0.4 is 15.8 Å². The first kappa shape index (κ1) is 16.3. The Hall–Kier alpha value is -1.75. The molecule has 1 aromatic carbocycles. The summed E-state index contributed by atoms with van der Waals surface area (Å²) in [6.45, 7) is 7.59. The topological polar surface area (TPSA) is 73.6 Å². The number of ether oxygens (including phenoxy) is 2. The van der Waals surface area contributed by atoms with Gasteiger partial charge in [0.25, 0.3) is 0 Å². The van der Waals surface area contributed by atoms with Crippen LogP contribution in [0.15, 0.2) is 24.3 Å². The van der Waals surface area contributed by atoms with Gasteiger partial charge in [0.05, 0.1) is 12.6 Å². The Morgan fingerprint density at radius 3 is 2.20 bits per heavy atom. The molecule has 0 fully saturated rings. The van der Waals surface area contributed by atoms with Crippen LogP contribution in [0.4, 0.5) is 4.79 Å². The van der Waals surface area contributed by atoms with Crippen molar-refractivity contribution in [1.82, 2.24) is 5.32 Å². The first-order valence-electron chi connectivity index (χ1n) is 6.54. The number of benzene rings is 1. The largest absolute Gasteiger partial charge is 0.497 e. The highest BCUT2D eigenvalue weighted by atomic mass is 16.6. The zero-order valence-corrected chi connectivity index (χ0v) is 12.8. The third-order valence-corrected chi connectivity index (χ3v) is 2.75. The predicted molar refractivity (Wildman–Crippen MR) is 78.8 cm³/mol. The van der Waals surface area contributed by atoms with Crippen LogP contribution in [-0.4, -0.2) is 25.3 Å². The number of carbonyl (C=O) groups is 1. The molecule has 5 nitrogen and oxygen atoms in total. The van der Waals surface area contributed by atoms with Gasteiger partial charge in [0, 0.05) is 6.54 Å². The molecule has 0 aliphatic heterocycles. The summed E-state index contributed by atoms with van der Waals surface area (Å²) in [6, 6.07) is 7.45. The van der Waals surface area contributed by atoms with E-state index in [0.29, 0.717) is 0 Å². The Morgan fingerprint density at radius 1 is 1.20 bits per heavy atom. The summed E-state index contributed by atoms with van der Waals surface area (Å²) in [5.41, 5.74) is 5.95. The van der Waals surface area contributed by atoms with E-state index in [1.54, 1.807) is 7.11 Å². The van der Waals surface area contributed by atoms with Gasteiger partial charge in [-0.15, -0.1) is 0 Å². The van der Waals surface area contributed by atoms with Crippen LogP contribution in [0.25, 0.3) is 0 Å². The zero-order valence-electron chi connectivity index (χ0n) is 12.8. The number of methoxy groups -OCH3 is 1. The van der Waals surface area contributed by atoms with Gasteiger partial charge in [-0.1, -0.05) is 12.1 Å². The van der Waals surface area contributed by atoms with Crippen molar-refractivity contribution >= 4 is 6.09 Å². The molecule has 0 spiro atoms. The summed E-state index contributed by atoms with van der Waals surface area (Å²) in [6.07, 6.45) is -0.470. The molecule has 3 N–H and O–H groups in total. The summed E-state index contributed by atoms with van der Waals surface area (Å²) >= 11 is 0. The van der Waals surface area contributed by atoms with Gasteiger partial charge in [0.2, 0.25) is 0 Å². The predicted octanol–water partition coefficient (Wildman–Crippen LogP) is 2.39. The minimum atomic E-state index is -0.677. The van der Waals surface area contributed by atoms with Gasteiger partial charge in [-0.25, -0.2) is 4.79 Å². The Kier molecular flexibility index (Phi) is 5.00. The monoisotopic (exact) mass is 280 g/mol. The molecule has 1 unspecified atom stereocenters. The van der Waals surface area contributed by atoms with Crippen molar-refractivity contribution in [3.05, 3.63) is 29.8 Å². The smallest absolute Gasteiger partial charge is 0.407 e. The van der Waals surface area contributed by atoms with E-state index in [1.807, 2.05) is 52.0 Å². The van der Waals surface area contributed by atoms with Gasteiger partial charge in [-0.3, -0.25) is 0 Å². The van der Waals surface area contributed by atoms with Gasteiger partial charge >= 0.3 is 6.09 Å². The van der Waals surface area contributed by atoms with Crippen molar-refractivity contribution < 1.29 is 14.3 Å². The number of hydrogen-bond donors (Lipinski definition) is 2. The molecule has 0 aliphatic rings. The molecule has 0 saturated heterocycles. The second kappa shape index (κ2) is 6.13. The molecule has 112 valence electrons. The highest BCUT2D eigenvalue weighted by Crippen LogP contribution is 2.20. The highest BCUT2D eigenvalue weighted by Gasteiger charge is 2.24. The van der Waals surface area contributed by atoms with Crippen molar-refractivity contribution in [3.63, 3.8) is 0 Å². The van der Waals surface area contributed by atoms with Crippen molar-refractivity contribution in [2.75, 3.05) is 13.7 Å². The van der Waals surface area contributed by atoms with E-state index in [0.717, 1.165) is 11.3 Å². The molecule has 0 saturated carbocycles. The van der Waals surface area contributed by atoms with E-state index in [2.05, 4.69) is 5.32 Å². The highest BCUT2D eigenvalue weighted by molar-refractivity contribution is 5.67. The fraction of sp³-hybridized carbons (Fsp3) is 0.533. The number of nitrogens with two attached hydrogens (primary N) is 1. The second-order valence-electron chi connectivity index (χ2n) is 6.00. The summed E-state index contributed by atoms with van der Waals surface area (Å²) < 4.78 is 10.3. The van der Waals surface area contributed by atoms with Crippen molar-refractivity contribution in [2.24, 2.45) is 5.73 Å². The average molecular weight is 280 g/mol. The number of amides is 1. The van der Waals surface area contributed by atoms with Gasteiger partial charge in [-0.2, -0.15) is 0 Å². The lowest BCUT2D eigenvalue weighted by atomic mass is 9.93. The standard InChI is InChI=1S/C15H24N2O3/c1-14(2,3)20-13(18)17-10-15(4,16)11-6-8-12(19-5)9-7-11/h6-9H,10,16H2,1-5H3,(H,17,18). The number of alkyl carbamates (subject to hydrolysis) is 1. The second-order valence-corrected chi connectivity index (χ2v) is 6.00. The molecule has 0 radical (unpaired) electrons. The lowest BCUT2D eigenvalue weighted by molar-refractivity contribution is 0.0516. The first-order valence-corrected chi connectivity index (χ1v) is 6.54. The Bertz CT molecular complexity index is 447. The van der Waals surface area contributed by atoms with Gasteiger partial charge in [-0.05, 0) is 45.4 Å². The van der Waals surface area contributed by atoms with E-state index in [-0.39, 0.29) is 6.54 Å². The van der Waals surface area contributed by atoms with E-state index in [4.69, 9.17) is 15.2 Å². The third kappa shape index (κ3) is 5.09. The van der Waals surface area contributed by atoms with Crippen molar-refractivity contribution in [1.29, 1.82) is 0 Å². The van der Waals surface area contributed by atoms with Crippen LogP contribution in [0.1, 0.15) is 33.3 Å². The lowest BCUT2D eigenvalue weighted by Gasteiger charge is -2.27. The van der Waals surface area contributed by atoms with E-state index < -0.39 is 17.2 Å². The van der Waals surface area contributed by atoms with Crippen LogP contribution in [0, 0.1) is 0 Å². The third-order valence-electron chi connectivity index (χ3n) is 2.75. The van der Waals surface area contributed by atoms with Crippen molar-refractivity contribution in [3.8, 4) is 5.75 Å². The van der Waals surface area contributed by atoms with Crippen LogP contribution >= 0.6 is 0 Å². The van der Waals surface area contributed by atoms with Crippen LogP contribution in [0.2, 0.25) is 0 Å². The zero-order chi connectivity index (χ0) is 15.4. The minimum absolute atomic E-state index is 0.286. The van der Waals surface area contributed by atoms with E-state index >= 15 is 0 Å². The van der Waals surface area contributed by atoms with Crippen LogP contribution in [0.3, 0.4) is 0 Å². The number of carbonyl (C=O) groups excluding carboxylic acids is 1. The molecule has 0 aromatic heterocycles. The van der Waals surface area contributed by atoms with Crippen LogP contribution in [0.5, 0.6) is 5.75 Å². The molecule has 5 heteroatoms. The Labute approximate surface area is 120 Å². The molecule has 1 aromatic rings. The van der Waals surface area contributed by atoms with Crippen molar-refractivity contribution in [2.45, 2.75) is 38.8 Å². The average Bonchev–Trinajstić information content (AvgIpc) is 2.35. The Balaban J connectivity index is 2.62. The molecule has 0 bridgehead atoms. The summed E-state index contributed by atoms with van der Waals surface area (Å²) in [4.78, 5) is 11.6. The molecule has 1 amide bonds. The number of nitrogens with one attached hydrogen (secondary N) is 1. The molecule has 1 atom stereocenters. The number of rotatable bonds is 4. The lowest BCUT2D eigenvalue weighted by Crippen LogP contribution is -2.46. The SMILES string of the molecule is COc1ccc(C(C)(N)CNC(=O)OC(C)(C)C)cc1. The molecule has 0 heterocycles.